The molecule has 1 aliphatic heterocycles. The van der Waals surface area contributed by atoms with E-state index in [1.165, 1.54) is 18.4 Å². The van der Waals surface area contributed by atoms with Crippen molar-refractivity contribution in [1.82, 2.24) is 4.98 Å². The second kappa shape index (κ2) is 6.44. The summed E-state index contributed by atoms with van der Waals surface area (Å²) >= 11 is 7.17. The van der Waals surface area contributed by atoms with Crippen LogP contribution in [0.25, 0.3) is 0 Å². The fourth-order valence-electron chi connectivity index (χ4n) is 2.53. The first kappa shape index (κ1) is 15.8. The Balaban J connectivity index is 2.41. The molecule has 1 aliphatic rings. The third-order valence-corrected chi connectivity index (χ3v) is 4.75. The highest BCUT2D eigenvalue weighted by molar-refractivity contribution is 7.15. The Morgan fingerprint density at radius 2 is 2.43 bits per heavy atom. The van der Waals surface area contributed by atoms with Gasteiger partial charge in [0.15, 0.2) is 4.47 Å². The van der Waals surface area contributed by atoms with Gasteiger partial charge in [0.05, 0.1) is 5.54 Å². The lowest BCUT2D eigenvalue weighted by Crippen LogP contribution is -2.42. The van der Waals surface area contributed by atoms with E-state index in [0.717, 1.165) is 4.88 Å². The van der Waals surface area contributed by atoms with Crippen LogP contribution in [0.1, 0.15) is 18.2 Å². The maximum atomic E-state index is 11.3. The van der Waals surface area contributed by atoms with Crippen LogP contribution < -0.4 is 0 Å². The molecular weight excluding hydrogens is 312 g/mol. The lowest BCUT2D eigenvalue weighted by molar-refractivity contribution is -0.357. The van der Waals surface area contributed by atoms with Crippen molar-refractivity contribution in [3.8, 4) is 0 Å². The molecule has 21 heavy (non-hydrogen) atoms. The minimum atomic E-state index is -0.627. The average Bonchev–Trinajstić information content (AvgIpc) is 3.08. The zero-order valence-corrected chi connectivity index (χ0v) is 13.3. The summed E-state index contributed by atoms with van der Waals surface area (Å²) in [6.07, 6.45) is 8.17. The second-order valence-electron chi connectivity index (χ2n) is 4.66. The molecule has 0 radical (unpaired) electrons. The summed E-state index contributed by atoms with van der Waals surface area (Å²) < 4.78 is 0.427. The van der Waals surface area contributed by atoms with Crippen molar-refractivity contribution in [2.45, 2.75) is 25.3 Å². The van der Waals surface area contributed by atoms with Gasteiger partial charge in [0.25, 0.3) is 0 Å². The highest BCUT2D eigenvalue weighted by Gasteiger charge is 2.44. The summed E-state index contributed by atoms with van der Waals surface area (Å²) in [4.78, 5) is 24.2. The van der Waals surface area contributed by atoms with Crippen molar-refractivity contribution in [2.24, 2.45) is 15.9 Å². The van der Waals surface area contributed by atoms with Gasteiger partial charge < -0.3 is 10.1 Å². The van der Waals surface area contributed by atoms with E-state index in [2.05, 4.69) is 15.0 Å². The Hall–Kier alpha value is -1.60. The van der Waals surface area contributed by atoms with Crippen LogP contribution in [-0.4, -0.2) is 34.5 Å². The third-order valence-electron chi connectivity index (χ3n) is 3.61. The molecule has 6 nitrogen and oxygen atoms in total. The monoisotopic (exact) mass is 326 g/mol. The first-order chi connectivity index (χ1) is 10.0. The number of aliphatic imine (C=N–C) groups is 2. The standard InChI is InChI=1S/C13H15ClN4O2S/c1-3-13(5-4-6-17-13)10(11(15-2)18(19)20)7-9-8-16-12(14)21-9/h4-6,8,10H,3,7H2,1-2H3. The minimum absolute atomic E-state index is 0.0647. The molecule has 1 aromatic heterocycles. The number of amidine groups is 1. The SMILES string of the molecule is CCC1(C(Cc2cnc(Cl)s2)C(=NC)[N+](=O)[O-])C=CC=N1. The number of allylic oxidation sites excluding steroid dienone is 1. The van der Waals surface area contributed by atoms with Crippen molar-refractivity contribution >= 4 is 35.0 Å². The molecule has 1 aromatic rings. The highest BCUT2D eigenvalue weighted by atomic mass is 35.5. The first-order valence-corrected chi connectivity index (χ1v) is 7.66. The molecule has 2 unspecified atom stereocenters. The molecule has 2 atom stereocenters. The zero-order valence-electron chi connectivity index (χ0n) is 11.7. The molecule has 112 valence electrons. The van der Waals surface area contributed by atoms with Gasteiger partial charge in [-0.1, -0.05) is 29.6 Å². The van der Waals surface area contributed by atoms with Gasteiger partial charge >= 0.3 is 5.84 Å². The van der Waals surface area contributed by atoms with Crippen molar-refractivity contribution in [3.05, 3.63) is 37.8 Å². The fourth-order valence-corrected chi connectivity index (χ4v) is 3.55. The highest BCUT2D eigenvalue weighted by Crippen LogP contribution is 2.35. The Kier molecular flexibility index (Phi) is 4.84. The Morgan fingerprint density at radius 3 is 2.86 bits per heavy atom. The number of hydrogen-bond acceptors (Lipinski definition) is 6. The third kappa shape index (κ3) is 3.19. The maximum absolute atomic E-state index is 11.3. The van der Waals surface area contributed by atoms with Crippen LogP contribution in [-0.2, 0) is 6.42 Å². The molecule has 0 saturated heterocycles. The number of thiazole rings is 1. The van der Waals surface area contributed by atoms with Gasteiger partial charge in [0.2, 0.25) is 0 Å². The van der Waals surface area contributed by atoms with Crippen LogP contribution in [0.15, 0.2) is 28.3 Å². The van der Waals surface area contributed by atoms with Crippen molar-refractivity contribution in [1.29, 1.82) is 0 Å². The van der Waals surface area contributed by atoms with E-state index < -0.39 is 16.4 Å². The Morgan fingerprint density at radius 1 is 1.67 bits per heavy atom. The largest absolute Gasteiger partial charge is 0.358 e. The molecule has 2 heterocycles. The van der Waals surface area contributed by atoms with Crippen molar-refractivity contribution in [3.63, 3.8) is 0 Å². The molecule has 0 aromatic carbocycles. The molecule has 0 N–H and O–H groups in total. The summed E-state index contributed by atoms with van der Waals surface area (Å²) in [6, 6.07) is 0. The van der Waals surface area contributed by atoms with Gasteiger partial charge in [-0.3, -0.25) is 4.99 Å². The lowest BCUT2D eigenvalue weighted by atomic mass is 9.79. The first-order valence-electron chi connectivity index (χ1n) is 6.46. The lowest BCUT2D eigenvalue weighted by Gasteiger charge is -2.29. The van der Waals surface area contributed by atoms with E-state index in [-0.39, 0.29) is 5.84 Å². The molecular formula is C13H15ClN4O2S. The number of nitrogens with zero attached hydrogens (tertiary/aromatic N) is 4. The van der Waals surface area contributed by atoms with Gasteiger partial charge in [-0.05, 0) is 17.4 Å². The quantitative estimate of drug-likeness (QED) is 0.361. The Bertz CT molecular complexity index is 611. The molecule has 0 bridgehead atoms. The molecule has 0 aliphatic carbocycles. The molecule has 2 rings (SSSR count). The number of rotatable bonds is 5. The average molecular weight is 327 g/mol. The van der Waals surface area contributed by atoms with E-state index in [0.29, 0.717) is 17.3 Å². The van der Waals surface area contributed by atoms with E-state index in [4.69, 9.17) is 11.6 Å². The second-order valence-corrected chi connectivity index (χ2v) is 6.35. The molecule has 0 amide bonds. The number of nitro groups is 1. The van der Waals surface area contributed by atoms with Gasteiger partial charge in [-0.15, -0.1) is 11.3 Å². The van der Waals surface area contributed by atoms with Crippen LogP contribution in [0.4, 0.5) is 0 Å². The van der Waals surface area contributed by atoms with Gasteiger partial charge in [0.1, 0.15) is 13.0 Å². The van der Waals surface area contributed by atoms with E-state index >= 15 is 0 Å². The number of hydrogen-bond donors (Lipinski definition) is 0. The van der Waals surface area contributed by atoms with E-state index in [1.54, 1.807) is 12.4 Å². The van der Waals surface area contributed by atoms with Crippen molar-refractivity contribution in [2.75, 3.05) is 7.05 Å². The smallest absolute Gasteiger partial charge is 0.339 e. The van der Waals surface area contributed by atoms with Crippen LogP contribution in [0.2, 0.25) is 4.47 Å². The molecule has 8 heteroatoms. The molecule has 0 spiro atoms. The summed E-state index contributed by atoms with van der Waals surface area (Å²) in [5, 5.41) is 11.3. The topological polar surface area (TPSA) is 80.8 Å². The van der Waals surface area contributed by atoms with E-state index in [9.17, 15) is 10.1 Å². The number of aromatic nitrogens is 1. The molecule has 0 saturated carbocycles. The minimum Gasteiger partial charge on any atom is -0.358 e. The predicted molar refractivity (Wildman–Crippen MR) is 85.3 cm³/mol. The summed E-state index contributed by atoms with van der Waals surface area (Å²) in [7, 11) is 1.44. The van der Waals surface area contributed by atoms with Crippen LogP contribution >= 0.6 is 22.9 Å². The fraction of sp³-hybridized carbons (Fsp3) is 0.462. The van der Waals surface area contributed by atoms with Gasteiger partial charge in [-0.2, -0.15) is 0 Å². The van der Waals surface area contributed by atoms with Crippen LogP contribution in [0.5, 0.6) is 0 Å². The predicted octanol–water partition coefficient (Wildman–Crippen LogP) is 3.05. The summed E-state index contributed by atoms with van der Waals surface area (Å²) in [5.41, 5.74) is -0.627. The van der Waals surface area contributed by atoms with Crippen LogP contribution in [0.3, 0.4) is 0 Å². The number of halogens is 1. The zero-order chi connectivity index (χ0) is 15.5. The van der Waals surface area contributed by atoms with E-state index in [1.807, 2.05) is 19.1 Å². The van der Waals surface area contributed by atoms with Gasteiger partial charge in [-0.25, -0.2) is 4.98 Å². The Labute approximate surface area is 131 Å². The maximum Gasteiger partial charge on any atom is 0.339 e. The molecule has 0 fully saturated rings. The summed E-state index contributed by atoms with van der Waals surface area (Å²) in [5.74, 6) is -0.515. The van der Waals surface area contributed by atoms with Crippen LogP contribution in [0, 0.1) is 16.0 Å². The van der Waals surface area contributed by atoms with Crippen molar-refractivity contribution < 1.29 is 4.92 Å². The normalized spacial score (nSPS) is 22.7. The van der Waals surface area contributed by atoms with Gasteiger partial charge in [0, 0.05) is 23.7 Å². The summed E-state index contributed by atoms with van der Waals surface area (Å²) in [6.45, 7) is 1.97.